The van der Waals surface area contributed by atoms with Crippen molar-refractivity contribution in [3.8, 4) is 0 Å². The van der Waals surface area contributed by atoms with Crippen molar-refractivity contribution in [3.63, 3.8) is 0 Å². The predicted octanol–water partition coefficient (Wildman–Crippen LogP) is 2.00. The van der Waals surface area contributed by atoms with Crippen molar-refractivity contribution >= 4 is 23.4 Å². The number of aryl methyl sites for hydroxylation is 1. The summed E-state index contributed by atoms with van der Waals surface area (Å²) in [4.78, 5) is 36.7. The molecule has 3 amide bonds. The van der Waals surface area contributed by atoms with Crippen LogP contribution in [0.3, 0.4) is 0 Å². The van der Waals surface area contributed by atoms with E-state index in [1.807, 2.05) is 24.3 Å². The van der Waals surface area contributed by atoms with Gasteiger partial charge >= 0.3 is 11.8 Å². The van der Waals surface area contributed by atoms with Crippen LogP contribution in [0.2, 0.25) is 0 Å². The van der Waals surface area contributed by atoms with E-state index in [9.17, 15) is 14.4 Å². The normalized spacial score (nSPS) is 11.4. The number of rotatable bonds is 8. The topological polar surface area (TPSA) is 108 Å². The van der Waals surface area contributed by atoms with Crippen molar-refractivity contribution in [3.05, 3.63) is 65.2 Å². The maximum Gasteiger partial charge on any atom is 0.313 e. The van der Waals surface area contributed by atoms with Gasteiger partial charge in [-0.05, 0) is 36.1 Å². The van der Waals surface area contributed by atoms with Crippen LogP contribution >= 0.6 is 0 Å². The molecule has 2 aromatic carbocycles. The average molecular weight is 397 g/mol. The molecule has 0 aliphatic heterocycles. The standard InChI is InChI=1S/C22H27N3O4/c1-3-15-9-11-16(12-10-15)13-23-20(27)18-7-5-6-8-19(18)25-22(29)21(28)24-17(4-2)14-26/h5-12,17,26H,3-4,13-14H2,1-2H3,(H,23,27)(H,24,28)(H,25,29)/t17-/m1/s1. The van der Waals surface area contributed by atoms with E-state index in [1.54, 1.807) is 31.2 Å². The Hall–Kier alpha value is -3.19. The number of amides is 3. The molecule has 0 aromatic heterocycles. The van der Waals surface area contributed by atoms with Gasteiger partial charge in [0, 0.05) is 6.54 Å². The number of carbonyl (C=O) groups excluding carboxylic acids is 3. The first kappa shape index (κ1) is 22.1. The monoisotopic (exact) mass is 397 g/mol. The van der Waals surface area contributed by atoms with Crippen LogP contribution in [0.15, 0.2) is 48.5 Å². The lowest BCUT2D eigenvalue weighted by Gasteiger charge is -2.15. The first-order chi connectivity index (χ1) is 14.0. The number of anilines is 1. The SMILES string of the molecule is CCc1ccc(CNC(=O)c2ccccc2NC(=O)C(=O)N[C@H](CC)CO)cc1. The Bertz CT molecular complexity index is 845. The second-order valence-corrected chi connectivity index (χ2v) is 6.61. The minimum absolute atomic E-state index is 0.239. The van der Waals surface area contributed by atoms with E-state index in [0.29, 0.717) is 13.0 Å². The van der Waals surface area contributed by atoms with Crippen LogP contribution in [-0.4, -0.2) is 35.5 Å². The van der Waals surface area contributed by atoms with Gasteiger partial charge in [0.15, 0.2) is 0 Å². The third kappa shape index (κ3) is 6.43. The maximum atomic E-state index is 12.6. The van der Waals surface area contributed by atoms with Crippen LogP contribution in [0.25, 0.3) is 0 Å². The van der Waals surface area contributed by atoms with Crippen molar-refractivity contribution in [2.24, 2.45) is 0 Å². The van der Waals surface area contributed by atoms with Crippen LogP contribution in [0.4, 0.5) is 5.69 Å². The molecule has 0 aliphatic carbocycles. The van der Waals surface area contributed by atoms with Crippen LogP contribution in [0, 0.1) is 0 Å². The van der Waals surface area contributed by atoms with Crippen molar-refractivity contribution in [1.82, 2.24) is 10.6 Å². The molecular weight excluding hydrogens is 370 g/mol. The summed E-state index contributed by atoms with van der Waals surface area (Å²) in [5, 5.41) is 16.9. The zero-order valence-electron chi connectivity index (χ0n) is 16.7. The molecular formula is C22H27N3O4. The van der Waals surface area contributed by atoms with Gasteiger partial charge in [-0.15, -0.1) is 0 Å². The summed E-state index contributed by atoms with van der Waals surface area (Å²) in [7, 11) is 0. The second-order valence-electron chi connectivity index (χ2n) is 6.61. The molecule has 0 radical (unpaired) electrons. The number of hydrogen-bond acceptors (Lipinski definition) is 4. The van der Waals surface area contributed by atoms with Crippen molar-refractivity contribution < 1.29 is 19.5 Å². The maximum absolute atomic E-state index is 12.6. The Morgan fingerprint density at radius 1 is 0.931 bits per heavy atom. The molecule has 0 spiro atoms. The molecule has 7 heteroatoms. The molecule has 2 aromatic rings. The van der Waals surface area contributed by atoms with E-state index in [1.165, 1.54) is 5.56 Å². The number of nitrogens with one attached hydrogen (secondary N) is 3. The lowest BCUT2D eigenvalue weighted by atomic mass is 10.1. The number of benzene rings is 2. The molecule has 2 rings (SSSR count). The molecule has 4 N–H and O–H groups in total. The van der Waals surface area contributed by atoms with Crippen molar-refractivity contribution in [1.29, 1.82) is 0 Å². The second kappa shape index (κ2) is 11.0. The van der Waals surface area contributed by atoms with Crippen LogP contribution < -0.4 is 16.0 Å². The van der Waals surface area contributed by atoms with E-state index in [0.717, 1.165) is 12.0 Å². The zero-order valence-corrected chi connectivity index (χ0v) is 16.7. The van der Waals surface area contributed by atoms with Gasteiger partial charge in [0.25, 0.3) is 5.91 Å². The van der Waals surface area contributed by atoms with Crippen molar-refractivity contribution in [2.45, 2.75) is 39.3 Å². The van der Waals surface area contributed by atoms with Gasteiger partial charge in [0.2, 0.25) is 0 Å². The van der Waals surface area contributed by atoms with E-state index >= 15 is 0 Å². The summed E-state index contributed by atoms with van der Waals surface area (Å²) < 4.78 is 0. The van der Waals surface area contributed by atoms with Crippen LogP contribution in [0.5, 0.6) is 0 Å². The van der Waals surface area contributed by atoms with Gasteiger partial charge in [0.05, 0.1) is 23.9 Å². The minimum atomic E-state index is -0.896. The summed E-state index contributed by atoms with van der Waals surface area (Å²) in [5.41, 5.74) is 2.68. The summed E-state index contributed by atoms with van der Waals surface area (Å²) in [6.45, 7) is 3.96. The van der Waals surface area contributed by atoms with Gasteiger partial charge in [-0.3, -0.25) is 14.4 Å². The molecule has 29 heavy (non-hydrogen) atoms. The molecule has 154 valence electrons. The highest BCUT2D eigenvalue weighted by Gasteiger charge is 2.19. The summed E-state index contributed by atoms with van der Waals surface area (Å²) >= 11 is 0. The Morgan fingerprint density at radius 2 is 1.59 bits per heavy atom. The number of aliphatic hydroxyl groups excluding tert-OH is 1. The van der Waals surface area contributed by atoms with Gasteiger partial charge in [-0.25, -0.2) is 0 Å². The average Bonchev–Trinajstić information content (AvgIpc) is 2.76. The molecule has 0 bridgehead atoms. The molecule has 1 atom stereocenters. The van der Waals surface area contributed by atoms with Crippen LogP contribution in [0.1, 0.15) is 41.8 Å². The van der Waals surface area contributed by atoms with Crippen LogP contribution in [-0.2, 0) is 22.6 Å². The van der Waals surface area contributed by atoms with Gasteiger partial charge in [0.1, 0.15) is 0 Å². The quantitative estimate of drug-likeness (QED) is 0.511. The Morgan fingerprint density at radius 3 is 2.21 bits per heavy atom. The highest BCUT2D eigenvalue weighted by Crippen LogP contribution is 2.15. The molecule has 0 fully saturated rings. The van der Waals surface area contributed by atoms with E-state index in [4.69, 9.17) is 5.11 Å². The number of carbonyl (C=O) groups is 3. The molecule has 0 heterocycles. The third-order valence-corrected chi connectivity index (χ3v) is 4.56. The fourth-order valence-electron chi connectivity index (χ4n) is 2.67. The third-order valence-electron chi connectivity index (χ3n) is 4.56. The van der Waals surface area contributed by atoms with Gasteiger partial charge in [-0.1, -0.05) is 50.2 Å². The zero-order chi connectivity index (χ0) is 21.2. The molecule has 0 saturated heterocycles. The largest absolute Gasteiger partial charge is 0.394 e. The highest BCUT2D eigenvalue weighted by molar-refractivity contribution is 6.40. The summed E-state index contributed by atoms with van der Waals surface area (Å²) in [6.07, 6.45) is 1.44. The molecule has 0 saturated carbocycles. The van der Waals surface area contributed by atoms with E-state index in [2.05, 4.69) is 22.9 Å². The molecule has 0 unspecified atom stereocenters. The van der Waals surface area contributed by atoms with E-state index in [-0.39, 0.29) is 23.8 Å². The fourth-order valence-corrected chi connectivity index (χ4v) is 2.67. The Balaban J connectivity index is 2.02. The first-order valence-electron chi connectivity index (χ1n) is 9.66. The molecule has 7 nitrogen and oxygen atoms in total. The Labute approximate surface area is 170 Å². The summed E-state index contributed by atoms with van der Waals surface area (Å²) in [6, 6.07) is 13.9. The fraction of sp³-hybridized carbons (Fsp3) is 0.318. The number of hydrogen-bond donors (Lipinski definition) is 4. The summed E-state index contributed by atoms with van der Waals surface area (Å²) in [5.74, 6) is -2.12. The lowest BCUT2D eigenvalue weighted by Crippen LogP contribution is -2.43. The van der Waals surface area contributed by atoms with Crippen molar-refractivity contribution in [2.75, 3.05) is 11.9 Å². The number of para-hydroxylation sites is 1. The minimum Gasteiger partial charge on any atom is -0.394 e. The number of aliphatic hydroxyl groups is 1. The highest BCUT2D eigenvalue weighted by atomic mass is 16.3. The molecule has 0 aliphatic rings. The first-order valence-corrected chi connectivity index (χ1v) is 9.66. The predicted molar refractivity (Wildman–Crippen MR) is 111 cm³/mol. The van der Waals surface area contributed by atoms with E-state index < -0.39 is 17.9 Å². The van der Waals surface area contributed by atoms with Gasteiger partial charge < -0.3 is 21.1 Å². The van der Waals surface area contributed by atoms with Gasteiger partial charge in [-0.2, -0.15) is 0 Å². The smallest absolute Gasteiger partial charge is 0.313 e. The lowest BCUT2D eigenvalue weighted by molar-refractivity contribution is -0.136. The Kier molecular flexibility index (Phi) is 8.36.